The highest BCUT2D eigenvalue weighted by atomic mass is 16.5. The third kappa shape index (κ3) is 3.93. The van der Waals surface area contributed by atoms with Crippen molar-refractivity contribution in [3.8, 4) is 18.1 Å². The van der Waals surface area contributed by atoms with Gasteiger partial charge in [-0.1, -0.05) is 18.1 Å². The van der Waals surface area contributed by atoms with Gasteiger partial charge in [0.25, 0.3) is 5.91 Å². The molecule has 0 radical (unpaired) electrons. The van der Waals surface area contributed by atoms with Crippen molar-refractivity contribution in [3.05, 3.63) is 75.6 Å². The van der Waals surface area contributed by atoms with E-state index in [0.717, 1.165) is 16.5 Å². The van der Waals surface area contributed by atoms with E-state index in [2.05, 4.69) is 11.2 Å². The molecule has 26 heavy (non-hydrogen) atoms. The molecule has 1 aromatic heterocycles. The molecule has 0 unspecified atom stereocenters. The first-order chi connectivity index (χ1) is 12.6. The fourth-order valence-corrected chi connectivity index (χ4v) is 2.55. The lowest BCUT2D eigenvalue weighted by Crippen LogP contribution is -2.23. The maximum atomic E-state index is 11.8. The van der Waals surface area contributed by atoms with Crippen molar-refractivity contribution in [1.82, 2.24) is 5.32 Å². The van der Waals surface area contributed by atoms with E-state index in [4.69, 9.17) is 15.6 Å². The van der Waals surface area contributed by atoms with Crippen molar-refractivity contribution in [2.75, 3.05) is 6.54 Å². The first kappa shape index (κ1) is 17.3. The van der Waals surface area contributed by atoms with Gasteiger partial charge in [-0.05, 0) is 42.3 Å². The zero-order valence-corrected chi connectivity index (χ0v) is 14.2. The monoisotopic (exact) mass is 347 g/mol. The number of fused-ring (bicyclic) bond motifs is 1. The molecule has 0 aliphatic rings. The summed E-state index contributed by atoms with van der Waals surface area (Å²) in [5.74, 6) is 2.75. The Kier molecular flexibility index (Phi) is 5.04. The molecule has 0 aliphatic carbocycles. The normalized spacial score (nSPS) is 10.3. The number of rotatable bonds is 5. The number of carbonyl (C=O) groups excluding carboxylic acids is 1. The molecule has 3 aromatic rings. The van der Waals surface area contributed by atoms with Gasteiger partial charge in [-0.25, -0.2) is 4.79 Å². The Morgan fingerprint density at radius 3 is 2.69 bits per heavy atom. The van der Waals surface area contributed by atoms with Gasteiger partial charge in [0.2, 0.25) is 0 Å². The highest BCUT2D eigenvalue weighted by molar-refractivity contribution is 5.94. The largest absolute Gasteiger partial charge is 0.489 e. The number of benzene rings is 2. The first-order valence-electron chi connectivity index (χ1n) is 8.05. The van der Waals surface area contributed by atoms with Gasteiger partial charge in [0.05, 0.1) is 6.54 Å². The van der Waals surface area contributed by atoms with Crippen LogP contribution in [0.5, 0.6) is 5.75 Å². The van der Waals surface area contributed by atoms with Crippen LogP contribution in [0.15, 0.2) is 57.7 Å². The molecule has 0 spiro atoms. The summed E-state index contributed by atoms with van der Waals surface area (Å²) in [4.78, 5) is 23.3. The summed E-state index contributed by atoms with van der Waals surface area (Å²) in [6, 6.07) is 13.9. The molecule has 0 atom stereocenters. The number of aryl methyl sites for hydroxylation is 1. The van der Waals surface area contributed by atoms with Crippen LogP contribution < -0.4 is 15.7 Å². The number of ether oxygens (including phenoxy) is 1. The molecular weight excluding hydrogens is 330 g/mol. The molecule has 1 amide bonds. The predicted octanol–water partition coefficient (Wildman–Crippen LogP) is 3.04. The Balaban J connectivity index is 1.69. The summed E-state index contributed by atoms with van der Waals surface area (Å²) < 4.78 is 11.0. The highest BCUT2D eigenvalue weighted by Gasteiger charge is 2.06. The molecule has 0 fully saturated rings. The Morgan fingerprint density at radius 1 is 1.19 bits per heavy atom. The van der Waals surface area contributed by atoms with E-state index >= 15 is 0 Å². The SMILES string of the molecule is C#CCNC(=O)c1ccc(COc2ccc3c(C)cc(=O)oc3c2)cc1. The molecule has 3 rings (SSSR count). The lowest BCUT2D eigenvalue weighted by Gasteiger charge is -2.08. The van der Waals surface area contributed by atoms with Crippen LogP contribution in [0, 0.1) is 19.3 Å². The van der Waals surface area contributed by atoms with Crippen molar-refractivity contribution >= 4 is 16.9 Å². The molecule has 1 N–H and O–H groups in total. The predicted molar refractivity (Wildman–Crippen MR) is 99.2 cm³/mol. The van der Waals surface area contributed by atoms with Gasteiger partial charge in [0.1, 0.15) is 17.9 Å². The van der Waals surface area contributed by atoms with E-state index in [1.165, 1.54) is 6.07 Å². The van der Waals surface area contributed by atoms with E-state index < -0.39 is 0 Å². The first-order valence-corrected chi connectivity index (χ1v) is 8.05. The van der Waals surface area contributed by atoms with Crippen LogP contribution in [-0.2, 0) is 6.61 Å². The summed E-state index contributed by atoms with van der Waals surface area (Å²) in [6.45, 7) is 2.39. The summed E-state index contributed by atoms with van der Waals surface area (Å²) in [6.07, 6.45) is 5.12. The number of terminal acetylenes is 1. The van der Waals surface area contributed by atoms with E-state index in [1.54, 1.807) is 18.2 Å². The van der Waals surface area contributed by atoms with Crippen LogP contribution >= 0.6 is 0 Å². The second-order valence-corrected chi connectivity index (χ2v) is 5.78. The minimum atomic E-state index is -0.383. The second kappa shape index (κ2) is 7.58. The van der Waals surface area contributed by atoms with Crippen molar-refractivity contribution in [2.45, 2.75) is 13.5 Å². The zero-order valence-electron chi connectivity index (χ0n) is 14.2. The summed E-state index contributed by atoms with van der Waals surface area (Å²) in [7, 11) is 0. The maximum Gasteiger partial charge on any atom is 0.336 e. The quantitative estimate of drug-likeness (QED) is 0.569. The second-order valence-electron chi connectivity index (χ2n) is 5.78. The number of hydrogen-bond acceptors (Lipinski definition) is 4. The lowest BCUT2D eigenvalue weighted by molar-refractivity contribution is 0.0958. The molecule has 0 bridgehead atoms. The Hall–Kier alpha value is -3.52. The van der Waals surface area contributed by atoms with Crippen molar-refractivity contribution in [1.29, 1.82) is 0 Å². The van der Waals surface area contributed by atoms with Crippen LogP contribution in [-0.4, -0.2) is 12.5 Å². The van der Waals surface area contributed by atoms with E-state index in [0.29, 0.717) is 23.5 Å². The van der Waals surface area contributed by atoms with Gasteiger partial charge in [-0.3, -0.25) is 4.79 Å². The number of carbonyl (C=O) groups is 1. The van der Waals surface area contributed by atoms with Gasteiger partial charge in [0, 0.05) is 23.1 Å². The van der Waals surface area contributed by atoms with Gasteiger partial charge in [-0.15, -0.1) is 6.42 Å². The molecule has 2 aromatic carbocycles. The summed E-state index contributed by atoms with van der Waals surface area (Å²) in [5, 5.41) is 3.48. The van der Waals surface area contributed by atoms with Crippen LogP contribution in [0.2, 0.25) is 0 Å². The molecule has 5 heteroatoms. The van der Waals surface area contributed by atoms with E-state index in [9.17, 15) is 9.59 Å². The Bertz CT molecular complexity index is 1040. The third-order valence-corrected chi connectivity index (χ3v) is 3.90. The van der Waals surface area contributed by atoms with Gasteiger partial charge >= 0.3 is 5.63 Å². The average molecular weight is 347 g/mol. The van der Waals surface area contributed by atoms with Gasteiger partial charge < -0.3 is 14.5 Å². The average Bonchev–Trinajstić information content (AvgIpc) is 2.64. The molecule has 0 saturated carbocycles. The molecule has 130 valence electrons. The summed E-state index contributed by atoms with van der Waals surface area (Å²) >= 11 is 0. The molecule has 0 saturated heterocycles. The van der Waals surface area contributed by atoms with Gasteiger partial charge in [-0.2, -0.15) is 0 Å². The van der Waals surface area contributed by atoms with Crippen LogP contribution in [0.4, 0.5) is 0 Å². The van der Waals surface area contributed by atoms with Crippen LogP contribution in [0.3, 0.4) is 0 Å². The standard InChI is InChI=1S/C21H17NO4/c1-3-10-22-21(24)16-6-4-15(5-7-16)13-25-17-8-9-18-14(2)11-20(23)26-19(18)12-17/h1,4-9,11-12H,10,13H2,2H3,(H,22,24). The van der Waals surface area contributed by atoms with Crippen LogP contribution in [0.1, 0.15) is 21.5 Å². The van der Waals surface area contributed by atoms with Crippen molar-refractivity contribution in [2.24, 2.45) is 0 Å². The van der Waals surface area contributed by atoms with Crippen molar-refractivity contribution in [3.63, 3.8) is 0 Å². The van der Waals surface area contributed by atoms with Crippen molar-refractivity contribution < 1.29 is 13.9 Å². The fourth-order valence-electron chi connectivity index (χ4n) is 2.55. The third-order valence-electron chi connectivity index (χ3n) is 3.90. The number of nitrogens with one attached hydrogen (secondary N) is 1. The van der Waals surface area contributed by atoms with E-state index in [-0.39, 0.29) is 18.1 Å². The topological polar surface area (TPSA) is 68.5 Å². The number of amides is 1. The fraction of sp³-hybridized carbons (Fsp3) is 0.143. The molecule has 1 heterocycles. The molecular formula is C21H17NO4. The molecule has 0 aliphatic heterocycles. The summed E-state index contributed by atoms with van der Waals surface area (Å²) in [5.41, 5.74) is 2.41. The lowest BCUT2D eigenvalue weighted by atomic mass is 10.1. The minimum Gasteiger partial charge on any atom is -0.489 e. The highest BCUT2D eigenvalue weighted by Crippen LogP contribution is 2.23. The zero-order chi connectivity index (χ0) is 18.5. The molecule has 5 nitrogen and oxygen atoms in total. The Morgan fingerprint density at radius 2 is 1.96 bits per heavy atom. The Labute approximate surface area is 150 Å². The van der Waals surface area contributed by atoms with Gasteiger partial charge in [0.15, 0.2) is 0 Å². The number of hydrogen-bond donors (Lipinski definition) is 1. The van der Waals surface area contributed by atoms with Crippen LogP contribution in [0.25, 0.3) is 11.0 Å². The maximum absolute atomic E-state index is 11.8. The van der Waals surface area contributed by atoms with E-state index in [1.807, 2.05) is 31.2 Å². The smallest absolute Gasteiger partial charge is 0.336 e. The minimum absolute atomic E-state index is 0.196.